The Kier molecular flexibility index (Phi) is 8.26. The van der Waals surface area contributed by atoms with Crippen LogP contribution in [0.4, 0.5) is 0 Å². The predicted molar refractivity (Wildman–Crippen MR) is 64.6 cm³/mol. The van der Waals surface area contributed by atoms with E-state index >= 15 is 0 Å². The van der Waals surface area contributed by atoms with E-state index in [4.69, 9.17) is 9.47 Å². The van der Waals surface area contributed by atoms with Crippen LogP contribution < -0.4 is 5.32 Å². The minimum atomic E-state index is -0.497. The van der Waals surface area contributed by atoms with E-state index in [1.54, 1.807) is 13.8 Å². The van der Waals surface area contributed by atoms with Crippen LogP contribution in [0.3, 0.4) is 0 Å². The molecule has 0 rings (SSSR count). The summed E-state index contributed by atoms with van der Waals surface area (Å²) < 4.78 is 9.65. The Morgan fingerprint density at radius 1 is 1.22 bits per heavy atom. The number of amides is 1. The number of nitrogens with one attached hydrogen (secondary N) is 1. The fraction of sp³-hybridized carbons (Fsp3) is 0.583. The number of ether oxygens (including phenoxy) is 2. The van der Waals surface area contributed by atoms with Crippen molar-refractivity contribution in [1.29, 1.82) is 0 Å². The van der Waals surface area contributed by atoms with Gasteiger partial charge in [-0.05, 0) is 19.9 Å². The molecule has 1 N–H and O–H groups in total. The van der Waals surface area contributed by atoms with Gasteiger partial charge in [0, 0.05) is 0 Å². The van der Waals surface area contributed by atoms with Crippen LogP contribution in [0.15, 0.2) is 12.7 Å². The Bertz CT molecular complexity index is 312. The number of hydrogen-bond acceptors (Lipinski definition) is 5. The second kappa shape index (κ2) is 9.21. The van der Waals surface area contributed by atoms with Gasteiger partial charge in [-0.15, -0.1) is 0 Å². The minimum absolute atomic E-state index is 0.00394. The molecule has 6 heteroatoms. The molecule has 102 valence electrons. The molecule has 0 aromatic rings. The van der Waals surface area contributed by atoms with Crippen molar-refractivity contribution in [2.24, 2.45) is 0 Å². The average molecular weight is 257 g/mol. The van der Waals surface area contributed by atoms with Crippen LogP contribution in [0, 0.1) is 0 Å². The van der Waals surface area contributed by atoms with Crippen molar-refractivity contribution in [3.63, 3.8) is 0 Å². The molecule has 0 heterocycles. The van der Waals surface area contributed by atoms with Crippen LogP contribution in [0.1, 0.15) is 26.7 Å². The number of hydrogen-bond donors (Lipinski definition) is 1. The highest BCUT2D eigenvalue weighted by atomic mass is 16.5. The topological polar surface area (TPSA) is 81.7 Å². The van der Waals surface area contributed by atoms with E-state index in [0.717, 1.165) is 6.08 Å². The van der Waals surface area contributed by atoms with Crippen molar-refractivity contribution in [1.82, 2.24) is 5.32 Å². The maximum absolute atomic E-state index is 11.2. The van der Waals surface area contributed by atoms with Gasteiger partial charge in [-0.3, -0.25) is 14.4 Å². The summed E-state index contributed by atoms with van der Waals surface area (Å²) >= 11 is 0. The van der Waals surface area contributed by atoms with Gasteiger partial charge < -0.3 is 14.8 Å². The van der Waals surface area contributed by atoms with Gasteiger partial charge in [0.05, 0.1) is 25.5 Å². The first-order valence-corrected chi connectivity index (χ1v) is 5.71. The number of esters is 2. The van der Waals surface area contributed by atoms with Crippen LogP contribution in [0.2, 0.25) is 0 Å². The lowest BCUT2D eigenvalue weighted by Crippen LogP contribution is -2.26. The lowest BCUT2D eigenvalue weighted by Gasteiger charge is -2.08. The van der Waals surface area contributed by atoms with Crippen molar-refractivity contribution in [2.75, 3.05) is 13.2 Å². The van der Waals surface area contributed by atoms with Gasteiger partial charge in [-0.1, -0.05) is 6.58 Å². The zero-order valence-electron chi connectivity index (χ0n) is 10.7. The van der Waals surface area contributed by atoms with E-state index in [2.05, 4.69) is 11.9 Å². The van der Waals surface area contributed by atoms with Crippen molar-refractivity contribution in [2.45, 2.75) is 32.8 Å². The van der Waals surface area contributed by atoms with Crippen LogP contribution in [-0.2, 0) is 23.9 Å². The fourth-order valence-electron chi connectivity index (χ4n) is 1.01. The molecule has 0 saturated carbocycles. The Labute approximate surface area is 106 Å². The molecule has 0 unspecified atom stereocenters. The number of carbonyl (C=O) groups is 3. The molecule has 18 heavy (non-hydrogen) atoms. The molecule has 0 aromatic carbocycles. The monoisotopic (exact) mass is 257 g/mol. The van der Waals surface area contributed by atoms with Gasteiger partial charge in [-0.2, -0.15) is 0 Å². The Morgan fingerprint density at radius 3 is 2.39 bits per heavy atom. The average Bonchev–Trinajstić information content (AvgIpc) is 2.30. The molecule has 0 aromatic heterocycles. The first-order chi connectivity index (χ1) is 8.45. The number of rotatable bonds is 8. The molecule has 0 saturated heterocycles. The van der Waals surface area contributed by atoms with Gasteiger partial charge in [-0.25, -0.2) is 0 Å². The molecule has 0 radical (unpaired) electrons. The van der Waals surface area contributed by atoms with Gasteiger partial charge in [0.15, 0.2) is 0 Å². The highest BCUT2D eigenvalue weighted by Crippen LogP contribution is 1.98. The Hall–Kier alpha value is -1.85. The van der Waals surface area contributed by atoms with E-state index < -0.39 is 11.9 Å². The molecule has 0 fully saturated rings. The zero-order chi connectivity index (χ0) is 14.0. The molecule has 0 bridgehead atoms. The largest absolute Gasteiger partial charge is 0.464 e. The molecule has 0 aliphatic carbocycles. The predicted octanol–water partition coefficient (Wildman–Crippen LogP) is 0.564. The SMILES string of the molecule is C=CC(=O)NCCOC(=O)CCC(=O)OC(C)C. The molecule has 0 atom stereocenters. The van der Waals surface area contributed by atoms with Crippen LogP contribution in [0.25, 0.3) is 0 Å². The van der Waals surface area contributed by atoms with E-state index in [-0.39, 0.29) is 38.0 Å². The second-order valence-electron chi connectivity index (χ2n) is 3.75. The molecular weight excluding hydrogens is 238 g/mol. The summed E-state index contributed by atoms with van der Waals surface area (Å²) in [5.74, 6) is -1.25. The van der Waals surface area contributed by atoms with E-state index in [1.807, 2.05) is 0 Å². The molecule has 6 nitrogen and oxygen atoms in total. The lowest BCUT2D eigenvalue weighted by molar-refractivity contribution is -0.152. The highest BCUT2D eigenvalue weighted by Gasteiger charge is 2.10. The minimum Gasteiger partial charge on any atom is -0.464 e. The summed E-state index contributed by atoms with van der Waals surface area (Å²) in [5, 5.41) is 2.45. The molecular formula is C12H19NO5. The highest BCUT2D eigenvalue weighted by molar-refractivity contribution is 5.86. The van der Waals surface area contributed by atoms with Crippen molar-refractivity contribution >= 4 is 17.8 Å². The first kappa shape index (κ1) is 16.1. The fourth-order valence-corrected chi connectivity index (χ4v) is 1.01. The summed E-state index contributed by atoms with van der Waals surface area (Å²) in [7, 11) is 0. The van der Waals surface area contributed by atoms with Crippen LogP contribution >= 0.6 is 0 Å². The summed E-state index contributed by atoms with van der Waals surface area (Å²) in [5.41, 5.74) is 0. The van der Waals surface area contributed by atoms with Crippen molar-refractivity contribution in [3.8, 4) is 0 Å². The maximum atomic E-state index is 11.2. The zero-order valence-corrected chi connectivity index (χ0v) is 10.7. The van der Waals surface area contributed by atoms with E-state index in [0.29, 0.717) is 0 Å². The normalized spacial score (nSPS) is 9.72. The van der Waals surface area contributed by atoms with Gasteiger partial charge in [0.1, 0.15) is 6.61 Å². The van der Waals surface area contributed by atoms with Gasteiger partial charge >= 0.3 is 11.9 Å². The lowest BCUT2D eigenvalue weighted by atomic mass is 10.3. The molecule has 1 amide bonds. The van der Waals surface area contributed by atoms with Crippen LogP contribution in [-0.4, -0.2) is 37.1 Å². The summed E-state index contributed by atoms with van der Waals surface area (Å²) in [6.07, 6.45) is 0.906. The summed E-state index contributed by atoms with van der Waals surface area (Å²) in [6, 6.07) is 0. The number of carbonyl (C=O) groups excluding carboxylic acids is 3. The van der Waals surface area contributed by atoms with E-state index in [1.165, 1.54) is 0 Å². The summed E-state index contributed by atoms with van der Waals surface area (Å²) in [4.78, 5) is 33.0. The summed E-state index contributed by atoms with van der Waals surface area (Å²) in [6.45, 7) is 7.03. The third-order valence-corrected chi connectivity index (χ3v) is 1.75. The van der Waals surface area contributed by atoms with Gasteiger partial charge in [0.25, 0.3) is 0 Å². The maximum Gasteiger partial charge on any atom is 0.306 e. The molecule has 0 spiro atoms. The van der Waals surface area contributed by atoms with Crippen LogP contribution in [0.5, 0.6) is 0 Å². The Morgan fingerprint density at radius 2 is 1.83 bits per heavy atom. The standard InChI is InChI=1S/C12H19NO5/c1-4-10(14)13-7-8-17-11(15)5-6-12(16)18-9(2)3/h4,9H,1,5-8H2,2-3H3,(H,13,14). The quantitative estimate of drug-likeness (QED) is 0.390. The van der Waals surface area contributed by atoms with Gasteiger partial charge in [0.2, 0.25) is 5.91 Å². The van der Waals surface area contributed by atoms with Crippen molar-refractivity contribution in [3.05, 3.63) is 12.7 Å². The van der Waals surface area contributed by atoms with E-state index in [9.17, 15) is 14.4 Å². The third kappa shape index (κ3) is 9.38. The molecule has 0 aliphatic rings. The third-order valence-electron chi connectivity index (χ3n) is 1.75. The second-order valence-corrected chi connectivity index (χ2v) is 3.75. The first-order valence-electron chi connectivity index (χ1n) is 5.71. The molecule has 0 aliphatic heterocycles. The smallest absolute Gasteiger partial charge is 0.306 e. The van der Waals surface area contributed by atoms with Crippen molar-refractivity contribution < 1.29 is 23.9 Å². The Balaban J connectivity index is 3.57.